The highest BCUT2D eigenvalue weighted by molar-refractivity contribution is 14.0. The van der Waals surface area contributed by atoms with Gasteiger partial charge in [-0.1, -0.05) is 34.1 Å². The highest BCUT2D eigenvalue weighted by Gasteiger charge is 2.29. The molecule has 0 saturated carbocycles. The summed E-state index contributed by atoms with van der Waals surface area (Å²) in [4.78, 5) is 18.4. The van der Waals surface area contributed by atoms with Gasteiger partial charge in [-0.05, 0) is 37.1 Å². The molecule has 1 unspecified atom stereocenters. The molecule has 1 heterocycles. The van der Waals surface area contributed by atoms with Crippen LogP contribution < -0.4 is 10.6 Å². The number of carbonyl (C=O) groups excluding carboxylic acids is 1. The number of nitrogens with one attached hydrogen (secondary N) is 2. The summed E-state index contributed by atoms with van der Waals surface area (Å²) >= 11 is 5.55. The number of guanidine groups is 1. The van der Waals surface area contributed by atoms with E-state index in [0.29, 0.717) is 19.5 Å². The Morgan fingerprint density at radius 2 is 2.11 bits per heavy atom. The molecule has 0 aliphatic carbocycles. The van der Waals surface area contributed by atoms with Crippen molar-refractivity contribution < 1.29 is 4.79 Å². The Morgan fingerprint density at radius 1 is 1.37 bits per heavy atom. The first-order chi connectivity index (χ1) is 12.4. The van der Waals surface area contributed by atoms with Crippen molar-refractivity contribution >= 4 is 63.5 Å². The molecule has 1 fully saturated rings. The van der Waals surface area contributed by atoms with Crippen LogP contribution in [0.15, 0.2) is 33.7 Å². The van der Waals surface area contributed by atoms with Crippen LogP contribution in [0.4, 0.5) is 0 Å². The normalized spacial score (nSPS) is 19.3. The molecule has 152 valence electrons. The summed E-state index contributed by atoms with van der Waals surface area (Å²) in [7, 11) is 3.60. The number of halogens is 2. The van der Waals surface area contributed by atoms with E-state index in [4.69, 9.17) is 0 Å². The summed E-state index contributed by atoms with van der Waals surface area (Å²) < 4.78 is 1.32. The number of aliphatic imine (C=N–C) groups is 1. The minimum Gasteiger partial charge on any atom is -0.356 e. The molecular weight excluding hydrogens is 539 g/mol. The van der Waals surface area contributed by atoms with Crippen molar-refractivity contribution in [1.29, 1.82) is 0 Å². The number of rotatable bonds is 7. The monoisotopic (exact) mass is 568 g/mol. The molecular formula is C19H30BrIN4OS. The predicted octanol–water partition coefficient (Wildman–Crippen LogP) is 3.87. The molecule has 27 heavy (non-hydrogen) atoms. The number of benzene rings is 1. The number of nitrogens with zero attached hydrogens (tertiary/aromatic N) is 2. The number of carbonyl (C=O) groups is 1. The van der Waals surface area contributed by atoms with Crippen molar-refractivity contribution in [3.05, 3.63) is 34.3 Å². The Morgan fingerprint density at radius 3 is 2.74 bits per heavy atom. The molecule has 0 aromatic heterocycles. The SMILES string of the molecule is CN=C(NCCC(=O)N(C)Cc1ccccc1Br)NCC1(C)CCCS1.I. The van der Waals surface area contributed by atoms with Crippen molar-refractivity contribution in [3.63, 3.8) is 0 Å². The topological polar surface area (TPSA) is 56.7 Å². The van der Waals surface area contributed by atoms with Crippen LogP contribution in [0.1, 0.15) is 31.7 Å². The van der Waals surface area contributed by atoms with Gasteiger partial charge in [0, 0.05) is 49.4 Å². The van der Waals surface area contributed by atoms with Gasteiger partial charge < -0.3 is 15.5 Å². The van der Waals surface area contributed by atoms with Crippen molar-refractivity contribution in [2.24, 2.45) is 4.99 Å². The second kappa shape index (κ2) is 12.2. The molecule has 8 heteroatoms. The average molecular weight is 569 g/mol. The quantitative estimate of drug-likeness (QED) is 0.298. The first-order valence-corrected chi connectivity index (χ1v) is 10.8. The van der Waals surface area contributed by atoms with E-state index in [1.807, 2.05) is 43.1 Å². The highest BCUT2D eigenvalue weighted by atomic mass is 127. The summed E-state index contributed by atoms with van der Waals surface area (Å²) in [6, 6.07) is 7.98. The van der Waals surface area contributed by atoms with Crippen LogP contribution in [0.25, 0.3) is 0 Å². The number of amides is 1. The molecule has 1 amide bonds. The molecule has 0 radical (unpaired) electrons. The molecule has 2 rings (SSSR count). The van der Waals surface area contributed by atoms with Crippen LogP contribution in [-0.4, -0.2) is 54.5 Å². The Kier molecular flexibility index (Phi) is 11.1. The maximum absolute atomic E-state index is 12.4. The minimum atomic E-state index is 0. The van der Waals surface area contributed by atoms with Gasteiger partial charge in [0.05, 0.1) is 0 Å². The van der Waals surface area contributed by atoms with Gasteiger partial charge >= 0.3 is 0 Å². The van der Waals surface area contributed by atoms with Gasteiger partial charge in [-0.2, -0.15) is 11.8 Å². The number of hydrogen-bond donors (Lipinski definition) is 2. The number of hydrogen-bond acceptors (Lipinski definition) is 3. The molecule has 5 nitrogen and oxygen atoms in total. The van der Waals surface area contributed by atoms with Gasteiger partial charge in [-0.3, -0.25) is 9.79 Å². The molecule has 2 N–H and O–H groups in total. The van der Waals surface area contributed by atoms with Crippen LogP contribution in [0.2, 0.25) is 0 Å². The summed E-state index contributed by atoms with van der Waals surface area (Å²) in [5, 5.41) is 6.63. The van der Waals surface area contributed by atoms with E-state index in [0.717, 1.165) is 22.5 Å². The van der Waals surface area contributed by atoms with Crippen molar-refractivity contribution in [2.75, 3.05) is 32.9 Å². The summed E-state index contributed by atoms with van der Waals surface area (Å²) in [6.07, 6.45) is 2.96. The third-order valence-electron chi connectivity index (χ3n) is 4.58. The van der Waals surface area contributed by atoms with Gasteiger partial charge in [-0.15, -0.1) is 24.0 Å². The molecule has 1 aliphatic heterocycles. The zero-order valence-corrected chi connectivity index (χ0v) is 21.0. The van der Waals surface area contributed by atoms with Crippen molar-refractivity contribution in [3.8, 4) is 0 Å². The van der Waals surface area contributed by atoms with E-state index in [2.05, 4.69) is 38.5 Å². The van der Waals surface area contributed by atoms with E-state index in [1.165, 1.54) is 18.6 Å². The summed E-state index contributed by atoms with van der Waals surface area (Å²) in [5.74, 6) is 2.12. The Labute approximate surface area is 192 Å². The molecule has 0 bridgehead atoms. The van der Waals surface area contributed by atoms with Crippen LogP contribution in [0, 0.1) is 0 Å². The largest absolute Gasteiger partial charge is 0.356 e. The van der Waals surface area contributed by atoms with E-state index < -0.39 is 0 Å². The lowest BCUT2D eigenvalue weighted by atomic mass is 10.1. The third kappa shape index (κ3) is 8.19. The van der Waals surface area contributed by atoms with E-state index in [1.54, 1.807) is 11.9 Å². The second-order valence-corrected chi connectivity index (χ2v) is 9.38. The van der Waals surface area contributed by atoms with Crippen LogP contribution in [-0.2, 0) is 11.3 Å². The summed E-state index contributed by atoms with van der Waals surface area (Å²) in [6.45, 7) is 4.36. The van der Waals surface area contributed by atoms with Crippen LogP contribution in [0.5, 0.6) is 0 Å². The van der Waals surface area contributed by atoms with Crippen molar-refractivity contribution in [1.82, 2.24) is 15.5 Å². The van der Waals surface area contributed by atoms with Crippen molar-refractivity contribution in [2.45, 2.75) is 37.5 Å². The fourth-order valence-corrected chi connectivity index (χ4v) is 4.57. The first kappa shape index (κ1) is 24.6. The fraction of sp³-hybridized carbons (Fsp3) is 0.579. The third-order valence-corrected chi connectivity index (χ3v) is 6.89. The van der Waals surface area contributed by atoms with E-state index in [9.17, 15) is 4.79 Å². The highest BCUT2D eigenvalue weighted by Crippen LogP contribution is 2.36. The lowest BCUT2D eigenvalue weighted by Crippen LogP contribution is -2.44. The maximum atomic E-state index is 12.4. The second-order valence-electron chi connectivity index (χ2n) is 6.85. The minimum absolute atomic E-state index is 0. The van der Waals surface area contributed by atoms with Gasteiger partial charge in [0.2, 0.25) is 5.91 Å². The zero-order chi connectivity index (χ0) is 19.0. The Bertz CT molecular complexity index is 638. The molecule has 1 aromatic rings. The van der Waals surface area contributed by atoms with E-state index >= 15 is 0 Å². The lowest BCUT2D eigenvalue weighted by molar-refractivity contribution is -0.130. The molecule has 1 aromatic carbocycles. The molecule has 1 aliphatic rings. The van der Waals surface area contributed by atoms with Gasteiger partial charge in [0.15, 0.2) is 5.96 Å². The van der Waals surface area contributed by atoms with Gasteiger partial charge in [0.25, 0.3) is 0 Å². The van der Waals surface area contributed by atoms with Gasteiger partial charge in [0.1, 0.15) is 0 Å². The number of thioether (sulfide) groups is 1. The smallest absolute Gasteiger partial charge is 0.224 e. The standard InChI is InChI=1S/C19H29BrN4OS.HI/c1-19(10-6-12-26-19)14-23-18(21-2)22-11-9-17(25)24(3)13-15-7-4-5-8-16(15)20;/h4-5,7-8H,6,9-14H2,1-3H3,(H2,21,22,23);1H. The Balaban J connectivity index is 0.00000364. The van der Waals surface area contributed by atoms with E-state index in [-0.39, 0.29) is 34.6 Å². The maximum Gasteiger partial charge on any atom is 0.224 e. The molecule has 0 spiro atoms. The fourth-order valence-electron chi connectivity index (χ4n) is 2.92. The average Bonchev–Trinajstić information content (AvgIpc) is 3.06. The van der Waals surface area contributed by atoms with Gasteiger partial charge in [-0.25, -0.2) is 0 Å². The molecule has 1 saturated heterocycles. The lowest BCUT2D eigenvalue weighted by Gasteiger charge is -2.24. The Hall–Kier alpha value is -0.480. The summed E-state index contributed by atoms with van der Waals surface area (Å²) in [5.41, 5.74) is 1.11. The van der Waals surface area contributed by atoms with Crippen LogP contribution >= 0.6 is 51.7 Å². The first-order valence-electron chi connectivity index (χ1n) is 8.99. The predicted molar refractivity (Wildman–Crippen MR) is 130 cm³/mol. The molecule has 1 atom stereocenters. The van der Waals surface area contributed by atoms with Crippen LogP contribution in [0.3, 0.4) is 0 Å². The zero-order valence-electron chi connectivity index (χ0n) is 16.3.